The Morgan fingerprint density at radius 2 is 1.58 bits per heavy atom. The summed E-state index contributed by atoms with van der Waals surface area (Å²) in [7, 11) is -2.95. The molecule has 0 heterocycles. The standard InChI is InChI=1S/C24H17FN2O5S/c1-32-24(29)19-8-4-5-9-20(19)26-22-14-21(17-6-2-3-7-18(17)23(22)28)27-33(30,31)16-12-10-15(25)11-13-16/h2-14,26H,1H3/b27-21+. The highest BCUT2D eigenvalue weighted by atomic mass is 32.2. The summed E-state index contributed by atoms with van der Waals surface area (Å²) in [6.45, 7) is 0. The van der Waals surface area contributed by atoms with Crippen molar-refractivity contribution < 1.29 is 27.1 Å². The normalized spacial score (nSPS) is 14.4. The number of nitrogens with one attached hydrogen (secondary N) is 1. The molecule has 0 spiro atoms. The molecule has 0 atom stereocenters. The molecule has 0 radical (unpaired) electrons. The quantitative estimate of drug-likeness (QED) is 0.573. The van der Waals surface area contributed by atoms with E-state index in [2.05, 4.69) is 9.71 Å². The van der Waals surface area contributed by atoms with Crippen LogP contribution in [-0.2, 0) is 14.8 Å². The molecule has 3 aromatic carbocycles. The van der Waals surface area contributed by atoms with Crippen molar-refractivity contribution in [2.45, 2.75) is 4.90 Å². The van der Waals surface area contributed by atoms with Gasteiger partial charge in [0.2, 0.25) is 5.78 Å². The molecule has 0 fully saturated rings. The molecule has 0 amide bonds. The van der Waals surface area contributed by atoms with Crippen LogP contribution >= 0.6 is 0 Å². The van der Waals surface area contributed by atoms with Crippen LogP contribution in [0, 0.1) is 5.82 Å². The average molecular weight is 464 g/mol. The molecule has 0 saturated carbocycles. The van der Waals surface area contributed by atoms with Crippen molar-refractivity contribution in [3.63, 3.8) is 0 Å². The molecule has 1 aliphatic rings. The zero-order valence-corrected chi connectivity index (χ0v) is 18.1. The van der Waals surface area contributed by atoms with Gasteiger partial charge in [0.1, 0.15) is 5.82 Å². The number of rotatable bonds is 5. The van der Waals surface area contributed by atoms with E-state index in [1.807, 2.05) is 0 Å². The number of methoxy groups -OCH3 is 1. The Hall–Kier alpha value is -4.11. The van der Waals surface area contributed by atoms with Crippen LogP contribution in [0.25, 0.3) is 0 Å². The predicted octanol–water partition coefficient (Wildman–Crippen LogP) is 3.98. The van der Waals surface area contributed by atoms with Crippen molar-refractivity contribution in [3.8, 4) is 0 Å². The second kappa shape index (κ2) is 8.79. The van der Waals surface area contributed by atoms with E-state index in [0.29, 0.717) is 11.3 Å². The fourth-order valence-corrected chi connectivity index (χ4v) is 4.31. The van der Waals surface area contributed by atoms with Crippen molar-refractivity contribution in [2.24, 2.45) is 4.40 Å². The number of sulfonamides is 1. The molecule has 0 unspecified atom stereocenters. The highest BCUT2D eigenvalue weighted by Crippen LogP contribution is 2.26. The van der Waals surface area contributed by atoms with Gasteiger partial charge in [0.25, 0.3) is 10.0 Å². The number of Topliss-reactive ketones (excluding diaryl/α,β-unsaturated/α-hetero) is 1. The third kappa shape index (κ3) is 4.44. The van der Waals surface area contributed by atoms with E-state index in [-0.39, 0.29) is 27.4 Å². The number of fused-ring (bicyclic) bond motifs is 1. The van der Waals surface area contributed by atoms with Gasteiger partial charge in [-0.05, 0) is 42.5 Å². The summed E-state index contributed by atoms with van der Waals surface area (Å²) in [5.74, 6) is -1.58. The molecule has 7 nitrogen and oxygen atoms in total. The van der Waals surface area contributed by atoms with E-state index in [4.69, 9.17) is 4.74 Å². The van der Waals surface area contributed by atoms with Crippen LogP contribution in [0.5, 0.6) is 0 Å². The van der Waals surface area contributed by atoms with Gasteiger partial charge in [-0.1, -0.05) is 36.4 Å². The second-order valence-corrected chi connectivity index (χ2v) is 8.60. The van der Waals surface area contributed by atoms with Gasteiger partial charge in [-0.2, -0.15) is 12.8 Å². The highest BCUT2D eigenvalue weighted by molar-refractivity contribution is 7.90. The Morgan fingerprint density at radius 3 is 2.27 bits per heavy atom. The van der Waals surface area contributed by atoms with Crippen LogP contribution in [-0.4, -0.2) is 33.0 Å². The average Bonchev–Trinajstić information content (AvgIpc) is 2.82. The molecule has 0 aliphatic heterocycles. The largest absolute Gasteiger partial charge is 0.465 e. The topological polar surface area (TPSA) is 102 Å². The molecular formula is C24H17FN2O5S. The molecule has 33 heavy (non-hydrogen) atoms. The van der Waals surface area contributed by atoms with E-state index in [1.165, 1.54) is 19.3 Å². The third-order valence-electron chi connectivity index (χ3n) is 4.91. The lowest BCUT2D eigenvalue weighted by molar-refractivity contribution is 0.0601. The summed E-state index contributed by atoms with van der Waals surface area (Å²) in [6, 6.07) is 17.2. The molecule has 166 valence electrons. The van der Waals surface area contributed by atoms with Gasteiger partial charge in [0, 0.05) is 11.1 Å². The number of hydrogen-bond acceptors (Lipinski definition) is 6. The maximum Gasteiger partial charge on any atom is 0.339 e. The fourth-order valence-electron chi connectivity index (χ4n) is 3.31. The Morgan fingerprint density at radius 1 is 0.939 bits per heavy atom. The summed E-state index contributed by atoms with van der Waals surface area (Å²) >= 11 is 0. The van der Waals surface area contributed by atoms with Crippen molar-refractivity contribution in [1.29, 1.82) is 0 Å². The van der Waals surface area contributed by atoms with Gasteiger partial charge in [0.05, 0.1) is 34.7 Å². The lowest BCUT2D eigenvalue weighted by atomic mass is 9.92. The van der Waals surface area contributed by atoms with Crippen LogP contribution in [0.3, 0.4) is 0 Å². The zero-order valence-electron chi connectivity index (χ0n) is 17.3. The summed E-state index contributed by atoms with van der Waals surface area (Å²) in [4.78, 5) is 25.0. The lowest BCUT2D eigenvalue weighted by Crippen LogP contribution is -2.23. The van der Waals surface area contributed by atoms with E-state index in [9.17, 15) is 22.4 Å². The summed E-state index contributed by atoms with van der Waals surface area (Å²) in [5, 5.41) is 2.90. The number of allylic oxidation sites excluding steroid dienone is 2. The van der Waals surface area contributed by atoms with Gasteiger partial charge in [-0.3, -0.25) is 4.79 Å². The van der Waals surface area contributed by atoms with E-state index in [0.717, 1.165) is 24.3 Å². The molecule has 4 rings (SSSR count). The number of para-hydroxylation sites is 1. The molecular weight excluding hydrogens is 447 g/mol. The number of carbonyl (C=O) groups excluding carboxylic acids is 2. The zero-order chi connectivity index (χ0) is 23.6. The first kappa shape index (κ1) is 22.1. The van der Waals surface area contributed by atoms with E-state index in [1.54, 1.807) is 42.5 Å². The number of anilines is 1. The molecule has 1 aliphatic carbocycles. The number of halogens is 1. The fraction of sp³-hybridized carbons (Fsp3) is 0.0417. The van der Waals surface area contributed by atoms with Gasteiger partial charge in [-0.25, -0.2) is 9.18 Å². The van der Waals surface area contributed by atoms with E-state index >= 15 is 0 Å². The minimum Gasteiger partial charge on any atom is -0.465 e. The van der Waals surface area contributed by atoms with Crippen molar-refractivity contribution in [3.05, 3.63) is 107 Å². The molecule has 9 heteroatoms. The molecule has 0 saturated heterocycles. The number of ketones is 1. The molecule has 3 aromatic rings. The molecule has 1 N–H and O–H groups in total. The van der Waals surface area contributed by atoms with Crippen molar-refractivity contribution in [2.75, 3.05) is 12.4 Å². The van der Waals surface area contributed by atoms with Crippen LogP contribution in [0.15, 0.2) is 93.9 Å². The van der Waals surface area contributed by atoms with Crippen LogP contribution < -0.4 is 5.32 Å². The maximum atomic E-state index is 13.2. The maximum absolute atomic E-state index is 13.2. The minimum absolute atomic E-state index is 0.0209. The van der Waals surface area contributed by atoms with Gasteiger partial charge in [0.15, 0.2) is 0 Å². The number of hydrogen-bond donors (Lipinski definition) is 1. The number of benzene rings is 3. The third-order valence-corrected chi connectivity index (χ3v) is 6.21. The first-order chi connectivity index (χ1) is 15.8. The van der Waals surface area contributed by atoms with Crippen molar-refractivity contribution >= 4 is 33.2 Å². The van der Waals surface area contributed by atoms with Crippen LogP contribution in [0.1, 0.15) is 26.3 Å². The van der Waals surface area contributed by atoms with Crippen LogP contribution in [0.2, 0.25) is 0 Å². The smallest absolute Gasteiger partial charge is 0.339 e. The first-order valence-electron chi connectivity index (χ1n) is 9.71. The second-order valence-electron chi connectivity index (χ2n) is 7.00. The summed E-state index contributed by atoms with van der Waals surface area (Å²) in [6.07, 6.45) is 1.31. The Labute approximate surface area is 189 Å². The van der Waals surface area contributed by atoms with Crippen molar-refractivity contribution in [1.82, 2.24) is 0 Å². The summed E-state index contributed by atoms with van der Waals surface area (Å²) < 4.78 is 47.6. The lowest BCUT2D eigenvalue weighted by Gasteiger charge is -2.19. The monoisotopic (exact) mass is 464 g/mol. The van der Waals surface area contributed by atoms with Gasteiger partial charge >= 0.3 is 5.97 Å². The first-order valence-corrected chi connectivity index (χ1v) is 11.1. The predicted molar refractivity (Wildman–Crippen MR) is 120 cm³/mol. The Bertz CT molecular complexity index is 1430. The highest BCUT2D eigenvalue weighted by Gasteiger charge is 2.27. The van der Waals surface area contributed by atoms with Gasteiger partial charge < -0.3 is 10.1 Å². The summed E-state index contributed by atoms with van der Waals surface area (Å²) in [5.41, 5.74) is 1.13. The minimum atomic E-state index is -4.20. The van der Waals surface area contributed by atoms with E-state index < -0.39 is 27.6 Å². The molecule has 0 aromatic heterocycles. The SMILES string of the molecule is COC(=O)c1ccccc1NC1=C/C(=N\S(=O)(=O)c2ccc(F)cc2)c2ccccc2C1=O. The molecule has 0 bridgehead atoms. The number of ether oxygens (including phenoxy) is 1. The number of esters is 1. The number of nitrogens with zero attached hydrogens (tertiary/aromatic N) is 1. The number of carbonyl (C=O) groups is 2. The van der Waals surface area contributed by atoms with Gasteiger partial charge in [-0.15, -0.1) is 0 Å². The van der Waals surface area contributed by atoms with Crippen LogP contribution in [0.4, 0.5) is 10.1 Å². The Balaban J connectivity index is 1.82. The Kier molecular flexibility index (Phi) is 5.89.